The van der Waals surface area contributed by atoms with E-state index in [-0.39, 0.29) is 22.3 Å². The highest BCUT2D eigenvalue weighted by molar-refractivity contribution is 7.87. The maximum absolute atomic E-state index is 14.1. The van der Waals surface area contributed by atoms with E-state index in [1.54, 1.807) is 36.4 Å². The Labute approximate surface area is 245 Å². The van der Waals surface area contributed by atoms with Crippen LogP contribution in [0.2, 0.25) is 5.02 Å². The van der Waals surface area contributed by atoms with E-state index in [0.29, 0.717) is 21.9 Å². The molecule has 0 amide bonds. The average molecular weight is 638 g/mol. The van der Waals surface area contributed by atoms with Gasteiger partial charge in [-0.1, -0.05) is 17.7 Å². The molecule has 43 heavy (non-hydrogen) atoms. The van der Waals surface area contributed by atoms with Gasteiger partial charge in [0.05, 0.1) is 25.4 Å². The van der Waals surface area contributed by atoms with Gasteiger partial charge < -0.3 is 13.7 Å². The van der Waals surface area contributed by atoms with E-state index in [4.69, 9.17) is 21.1 Å². The Bertz CT molecular complexity index is 2070. The molecule has 0 spiro atoms. The Kier molecular flexibility index (Phi) is 7.80. The molecule has 0 bridgehead atoms. The lowest BCUT2D eigenvalue weighted by Crippen LogP contribution is -2.19. The minimum Gasteiger partial charge on any atom is -0.497 e. The molecule has 5 aromatic rings. The first kappa shape index (κ1) is 29.9. The third-order valence-corrected chi connectivity index (χ3v) is 7.81. The van der Waals surface area contributed by atoms with Crippen molar-refractivity contribution in [3.63, 3.8) is 0 Å². The summed E-state index contributed by atoms with van der Waals surface area (Å²) in [5, 5.41) is 0.574. The van der Waals surface area contributed by atoms with E-state index in [0.717, 1.165) is 18.2 Å². The van der Waals surface area contributed by atoms with E-state index < -0.39 is 55.4 Å². The minimum absolute atomic E-state index is 0.146. The number of methoxy groups -OCH3 is 2. The summed E-state index contributed by atoms with van der Waals surface area (Å²) in [5.74, 6) is -13.3. The van der Waals surface area contributed by atoms with Gasteiger partial charge >= 0.3 is 10.1 Å². The van der Waals surface area contributed by atoms with Gasteiger partial charge in [-0.2, -0.15) is 17.2 Å². The number of pyridine rings is 1. The highest BCUT2D eigenvalue weighted by atomic mass is 35.5. The molecule has 222 valence electrons. The molecule has 1 heterocycles. The Morgan fingerprint density at radius 1 is 0.721 bits per heavy atom. The van der Waals surface area contributed by atoms with Crippen LogP contribution in [0.25, 0.3) is 27.7 Å². The molecule has 0 atom stereocenters. The zero-order chi connectivity index (χ0) is 31.2. The van der Waals surface area contributed by atoms with Gasteiger partial charge in [-0.05, 0) is 65.7 Å². The van der Waals surface area contributed by atoms with Gasteiger partial charge in [-0.25, -0.2) is 13.2 Å². The maximum Gasteiger partial charge on any atom is 0.339 e. The largest absolute Gasteiger partial charge is 0.497 e. The van der Waals surface area contributed by atoms with E-state index in [1.165, 1.54) is 30.9 Å². The molecule has 0 saturated carbocycles. The minimum atomic E-state index is -5.11. The number of hydrogen-bond donors (Lipinski definition) is 0. The lowest BCUT2D eigenvalue weighted by Gasteiger charge is -2.16. The lowest BCUT2D eigenvalue weighted by molar-refractivity contribution is 0.346. The zero-order valence-electron chi connectivity index (χ0n) is 21.9. The van der Waals surface area contributed by atoms with Crippen LogP contribution in [0.3, 0.4) is 0 Å². The van der Waals surface area contributed by atoms with Crippen molar-refractivity contribution in [3.05, 3.63) is 111 Å². The van der Waals surface area contributed by atoms with Crippen LogP contribution in [0.4, 0.5) is 22.0 Å². The first-order valence-electron chi connectivity index (χ1n) is 12.0. The van der Waals surface area contributed by atoms with Gasteiger partial charge in [0.15, 0.2) is 0 Å². The number of rotatable bonds is 7. The molecule has 1 aromatic heterocycles. The summed E-state index contributed by atoms with van der Waals surface area (Å²) in [6, 6.07) is 15.6. The fourth-order valence-electron chi connectivity index (χ4n) is 4.33. The molecule has 0 fully saturated rings. The van der Waals surface area contributed by atoms with Gasteiger partial charge in [-0.3, -0.25) is 9.36 Å². The predicted octanol–water partition coefficient (Wildman–Crippen LogP) is 6.79. The third kappa shape index (κ3) is 5.37. The zero-order valence-corrected chi connectivity index (χ0v) is 23.5. The van der Waals surface area contributed by atoms with Crippen molar-refractivity contribution in [1.82, 2.24) is 4.57 Å². The molecule has 0 aliphatic heterocycles. The molecule has 14 heteroatoms. The standard InChI is InChI=1S/C29H17ClF5NO6S/c1-40-18-10-16(9-17(30)13-18)14-3-6-21(22(12-14)41-2)36-20-7-5-19(11-15(20)4-8-23(36)37)43(38,39)42-29-27(34)25(32)24(31)26(33)28(29)35/h3-13H,1-2H3. The van der Waals surface area contributed by atoms with Crippen LogP contribution in [0.1, 0.15) is 0 Å². The van der Waals surface area contributed by atoms with Crippen molar-refractivity contribution < 1.29 is 44.0 Å². The van der Waals surface area contributed by atoms with Crippen LogP contribution < -0.4 is 19.2 Å². The average Bonchev–Trinajstić information content (AvgIpc) is 3.00. The normalized spacial score (nSPS) is 11.5. The number of nitrogens with zero attached hydrogens (tertiary/aromatic N) is 1. The molecule has 0 unspecified atom stereocenters. The van der Waals surface area contributed by atoms with Gasteiger partial charge in [-0.15, -0.1) is 0 Å². The number of aromatic nitrogens is 1. The first-order chi connectivity index (χ1) is 20.4. The molecule has 0 radical (unpaired) electrons. The molecule has 0 saturated heterocycles. The van der Waals surface area contributed by atoms with Crippen molar-refractivity contribution in [2.45, 2.75) is 4.90 Å². The number of hydrogen-bond acceptors (Lipinski definition) is 6. The highest BCUT2D eigenvalue weighted by Crippen LogP contribution is 2.35. The summed E-state index contributed by atoms with van der Waals surface area (Å²) >= 11 is 6.20. The third-order valence-electron chi connectivity index (χ3n) is 6.38. The summed E-state index contributed by atoms with van der Waals surface area (Å²) in [6.45, 7) is 0. The van der Waals surface area contributed by atoms with Gasteiger partial charge in [0.2, 0.25) is 34.8 Å². The predicted molar refractivity (Wildman–Crippen MR) is 147 cm³/mol. The Hall–Kier alpha value is -4.62. The van der Waals surface area contributed by atoms with Crippen LogP contribution in [-0.4, -0.2) is 27.2 Å². The van der Waals surface area contributed by atoms with Crippen LogP contribution in [0, 0.1) is 29.1 Å². The summed E-state index contributed by atoms with van der Waals surface area (Å²) < 4.78 is 111. The van der Waals surface area contributed by atoms with Gasteiger partial charge in [0, 0.05) is 16.5 Å². The van der Waals surface area contributed by atoms with E-state index in [9.17, 15) is 35.2 Å². The maximum atomic E-state index is 14.1. The lowest BCUT2D eigenvalue weighted by atomic mass is 10.0. The molecule has 4 aromatic carbocycles. The van der Waals surface area contributed by atoms with Crippen LogP contribution in [0.5, 0.6) is 17.2 Å². The van der Waals surface area contributed by atoms with E-state index >= 15 is 0 Å². The number of halogens is 6. The molecule has 5 rings (SSSR count). The van der Waals surface area contributed by atoms with Crippen LogP contribution in [0.15, 0.2) is 76.4 Å². The monoisotopic (exact) mass is 637 g/mol. The second kappa shape index (κ2) is 11.2. The van der Waals surface area contributed by atoms with Crippen LogP contribution in [-0.2, 0) is 10.1 Å². The summed E-state index contributed by atoms with van der Waals surface area (Å²) in [6.07, 6.45) is 0. The van der Waals surface area contributed by atoms with E-state index in [1.807, 2.05) is 0 Å². The van der Waals surface area contributed by atoms with E-state index in [2.05, 4.69) is 4.18 Å². The number of benzene rings is 4. The topological polar surface area (TPSA) is 83.8 Å². The number of fused-ring (bicyclic) bond motifs is 1. The van der Waals surface area contributed by atoms with Crippen molar-refractivity contribution in [1.29, 1.82) is 0 Å². The SMILES string of the molecule is COc1cc(Cl)cc(-c2ccc(-n3c(=O)ccc4cc(S(=O)(=O)Oc5c(F)c(F)c(F)c(F)c5F)ccc43)c(OC)c2)c1. The quantitative estimate of drug-likeness (QED) is 0.0846. The molecule has 7 nitrogen and oxygen atoms in total. The summed E-state index contributed by atoms with van der Waals surface area (Å²) in [4.78, 5) is 12.3. The second-order valence-electron chi connectivity index (χ2n) is 8.93. The van der Waals surface area contributed by atoms with Gasteiger partial charge in [0.25, 0.3) is 5.56 Å². The van der Waals surface area contributed by atoms with Crippen molar-refractivity contribution in [2.75, 3.05) is 14.2 Å². The highest BCUT2D eigenvalue weighted by Gasteiger charge is 2.31. The first-order valence-corrected chi connectivity index (χ1v) is 13.8. The Morgan fingerprint density at radius 3 is 2.05 bits per heavy atom. The van der Waals surface area contributed by atoms with Crippen molar-refractivity contribution in [3.8, 4) is 34.1 Å². The van der Waals surface area contributed by atoms with Crippen molar-refractivity contribution >= 4 is 32.6 Å². The molecule has 0 aliphatic carbocycles. The number of ether oxygens (including phenoxy) is 2. The second-order valence-corrected chi connectivity index (χ2v) is 10.9. The molecular weight excluding hydrogens is 621 g/mol. The summed E-state index contributed by atoms with van der Waals surface area (Å²) in [7, 11) is -2.23. The Balaban J connectivity index is 1.59. The van der Waals surface area contributed by atoms with Gasteiger partial charge in [0.1, 0.15) is 16.4 Å². The molecule has 0 N–H and O–H groups in total. The summed E-state index contributed by atoms with van der Waals surface area (Å²) in [5.41, 5.74) is 1.33. The van der Waals surface area contributed by atoms with Crippen LogP contribution >= 0.6 is 11.6 Å². The molecule has 0 aliphatic rings. The molecular formula is C29H17ClF5NO6S. The fraction of sp³-hybridized carbons (Fsp3) is 0.0690. The van der Waals surface area contributed by atoms with Crippen molar-refractivity contribution in [2.24, 2.45) is 0 Å². The fourth-order valence-corrected chi connectivity index (χ4v) is 5.53. The smallest absolute Gasteiger partial charge is 0.339 e. The Morgan fingerprint density at radius 2 is 1.40 bits per heavy atom.